The van der Waals surface area contributed by atoms with E-state index < -0.39 is 9.84 Å². The second kappa shape index (κ2) is 8.26. The lowest BCUT2D eigenvalue weighted by Gasteiger charge is -2.36. The smallest absolute Gasteiger partial charge is 0.267 e. The van der Waals surface area contributed by atoms with E-state index in [0.717, 1.165) is 48.7 Å². The molecule has 2 fully saturated rings. The van der Waals surface area contributed by atoms with E-state index in [1.165, 1.54) is 11.5 Å². The Morgan fingerprint density at radius 2 is 1.93 bits per heavy atom. The highest BCUT2D eigenvalue weighted by molar-refractivity contribution is 7.91. The summed E-state index contributed by atoms with van der Waals surface area (Å²) in [5.41, 5.74) is 3.78. The van der Waals surface area contributed by atoms with Crippen molar-refractivity contribution in [2.75, 3.05) is 42.6 Å². The zero-order valence-corrected chi connectivity index (χ0v) is 19.3. The van der Waals surface area contributed by atoms with Crippen LogP contribution in [-0.2, 0) is 16.3 Å². The van der Waals surface area contributed by atoms with E-state index in [1.54, 1.807) is 0 Å². The lowest BCUT2D eigenvalue weighted by molar-refractivity contribution is 0.0750. The van der Waals surface area contributed by atoms with Gasteiger partial charge in [-0.25, -0.2) is 8.42 Å². The number of anilines is 1. The van der Waals surface area contributed by atoms with Gasteiger partial charge in [0.1, 0.15) is 4.88 Å². The predicted octanol–water partition coefficient (Wildman–Crippen LogP) is 1.63. The van der Waals surface area contributed by atoms with Gasteiger partial charge < -0.3 is 9.80 Å². The number of sulfone groups is 1. The van der Waals surface area contributed by atoms with Crippen molar-refractivity contribution in [3.05, 3.63) is 22.0 Å². The van der Waals surface area contributed by atoms with Crippen LogP contribution in [0, 0.1) is 13.8 Å². The summed E-state index contributed by atoms with van der Waals surface area (Å²) in [6.45, 7) is 8.75. The van der Waals surface area contributed by atoms with E-state index in [9.17, 15) is 13.2 Å². The van der Waals surface area contributed by atoms with Crippen molar-refractivity contribution in [2.24, 2.45) is 0 Å². The van der Waals surface area contributed by atoms with Crippen molar-refractivity contribution in [1.82, 2.24) is 24.3 Å². The molecule has 2 aliphatic rings. The van der Waals surface area contributed by atoms with Crippen molar-refractivity contribution >= 4 is 33.0 Å². The van der Waals surface area contributed by atoms with Crippen LogP contribution in [0.25, 0.3) is 0 Å². The number of hydrogen-bond acceptors (Lipinski definition) is 8. The fourth-order valence-electron chi connectivity index (χ4n) is 4.48. The number of carbonyl (C=O) groups is 1. The Morgan fingerprint density at radius 3 is 2.57 bits per heavy atom. The molecule has 164 valence electrons. The Kier molecular flexibility index (Phi) is 5.84. The van der Waals surface area contributed by atoms with Gasteiger partial charge >= 0.3 is 0 Å². The van der Waals surface area contributed by atoms with E-state index in [2.05, 4.69) is 26.5 Å². The lowest BCUT2D eigenvalue weighted by atomic mass is 10.2. The number of piperazine rings is 1. The van der Waals surface area contributed by atoms with Crippen molar-refractivity contribution in [3.63, 3.8) is 0 Å². The van der Waals surface area contributed by atoms with Gasteiger partial charge in [-0.3, -0.25) is 9.48 Å². The third-order valence-electron chi connectivity index (χ3n) is 5.96. The van der Waals surface area contributed by atoms with Gasteiger partial charge in [0.2, 0.25) is 0 Å². The van der Waals surface area contributed by atoms with Crippen LogP contribution in [0.2, 0.25) is 0 Å². The van der Waals surface area contributed by atoms with E-state index in [-0.39, 0.29) is 23.5 Å². The minimum absolute atomic E-state index is 0.0217. The molecule has 0 bridgehead atoms. The maximum atomic E-state index is 12.9. The van der Waals surface area contributed by atoms with Gasteiger partial charge in [0.15, 0.2) is 9.84 Å². The molecule has 0 spiro atoms. The summed E-state index contributed by atoms with van der Waals surface area (Å²) in [5, 5.41) is 8.79. The topological polar surface area (TPSA) is 101 Å². The molecule has 30 heavy (non-hydrogen) atoms. The number of amides is 1. The third kappa shape index (κ3) is 3.96. The van der Waals surface area contributed by atoms with E-state index in [0.29, 0.717) is 24.4 Å². The number of hydrogen-bond donors (Lipinski definition) is 0. The average Bonchev–Trinajstić information content (AvgIpc) is 3.39. The van der Waals surface area contributed by atoms with Crippen molar-refractivity contribution in [1.29, 1.82) is 0 Å². The molecule has 2 aromatic rings. The fourth-order valence-corrected chi connectivity index (χ4v) is 6.85. The maximum absolute atomic E-state index is 12.9. The number of aromatic nitrogens is 4. The lowest BCUT2D eigenvalue weighted by Crippen LogP contribution is -2.49. The number of rotatable bonds is 5. The first-order valence-corrected chi connectivity index (χ1v) is 13.0. The highest BCUT2D eigenvalue weighted by Gasteiger charge is 2.33. The van der Waals surface area contributed by atoms with Crippen LogP contribution in [0.4, 0.5) is 5.69 Å². The molecule has 1 atom stereocenters. The van der Waals surface area contributed by atoms with E-state index in [1.807, 2.05) is 23.4 Å². The van der Waals surface area contributed by atoms with Crippen LogP contribution in [0.5, 0.6) is 0 Å². The fraction of sp³-hybridized carbons (Fsp3) is 0.684. The highest BCUT2D eigenvalue weighted by Crippen LogP contribution is 2.32. The first-order valence-electron chi connectivity index (χ1n) is 10.4. The maximum Gasteiger partial charge on any atom is 0.267 e. The Bertz CT molecular complexity index is 1040. The molecule has 0 N–H and O–H groups in total. The zero-order chi connectivity index (χ0) is 21.5. The molecular formula is C19H28N6O3S2. The average molecular weight is 453 g/mol. The number of nitrogens with zero attached hydrogens (tertiary/aromatic N) is 6. The van der Waals surface area contributed by atoms with Crippen LogP contribution >= 0.6 is 11.5 Å². The van der Waals surface area contributed by atoms with Gasteiger partial charge in [-0.15, -0.1) is 5.10 Å². The van der Waals surface area contributed by atoms with Crippen molar-refractivity contribution in [2.45, 2.75) is 46.1 Å². The molecular weight excluding hydrogens is 424 g/mol. The zero-order valence-electron chi connectivity index (χ0n) is 17.7. The molecule has 0 aromatic carbocycles. The number of aryl methyl sites for hydroxylation is 2. The summed E-state index contributed by atoms with van der Waals surface area (Å²) in [4.78, 5) is 17.7. The van der Waals surface area contributed by atoms with Crippen molar-refractivity contribution < 1.29 is 13.2 Å². The Morgan fingerprint density at radius 1 is 1.20 bits per heavy atom. The summed E-state index contributed by atoms with van der Waals surface area (Å²) in [5.74, 6) is 0.423. The second-order valence-electron chi connectivity index (χ2n) is 8.10. The molecule has 2 aromatic heterocycles. The summed E-state index contributed by atoms with van der Waals surface area (Å²) < 4.78 is 29.6. The van der Waals surface area contributed by atoms with Crippen LogP contribution in [0.15, 0.2) is 0 Å². The summed E-state index contributed by atoms with van der Waals surface area (Å²) in [6, 6.07) is -0.0823. The molecule has 1 unspecified atom stereocenters. The SMILES string of the molecule is CCCc1nnsc1C(=O)N1CCN(c2c(C)nn(C3CCS(=O)(=O)C3)c2C)CC1. The first-order chi connectivity index (χ1) is 14.3. The Balaban J connectivity index is 1.46. The van der Waals surface area contributed by atoms with Crippen LogP contribution in [0.3, 0.4) is 0 Å². The molecule has 1 amide bonds. The van der Waals surface area contributed by atoms with E-state index >= 15 is 0 Å². The number of carbonyl (C=O) groups excluding carboxylic acids is 1. The Labute approximate surface area is 181 Å². The normalized spacial score (nSPS) is 21.4. The minimum atomic E-state index is -2.96. The van der Waals surface area contributed by atoms with E-state index in [4.69, 9.17) is 0 Å². The predicted molar refractivity (Wildman–Crippen MR) is 116 cm³/mol. The van der Waals surface area contributed by atoms with Gasteiger partial charge in [-0.2, -0.15) is 5.10 Å². The van der Waals surface area contributed by atoms with Gasteiger partial charge in [0.05, 0.1) is 40.3 Å². The van der Waals surface area contributed by atoms with Crippen LogP contribution < -0.4 is 4.90 Å². The van der Waals surface area contributed by atoms with Gasteiger partial charge in [-0.05, 0) is 38.2 Å². The summed E-state index contributed by atoms with van der Waals surface area (Å²) in [7, 11) is -2.96. The Hall–Kier alpha value is -2.01. The molecule has 4 heterocycles. The quantitative estimate of drug-likeness (QED) is 0.679. The standard InChI is InChI=1S/C19H28N6O3S2/c1-4-5-16-18(29-22-20-16)19(26)24-9-7-23(8-10-24)17-13(2)21-25(14(17)3)15-6-11-30(27,28)12-15/h15H,4-12H2,1-3H3. The monoisotopic (exact) mass is 452 g/mol. The van der Waals surface area contributed by atoms with Crippen LogP contribution in [-0.4, -0.2) is 76.3 Å². The molecule has 9 nitrogen and oxygen atoms in total. The largest absolute Gasteiger partial charge is 0.365 e. The minimum Gasteiger partial charge on any atom is -0.365 e. The van der Waals surface area contributed by atoms with Gasteiger partial charge in [0, 0.05) is 26.2 Å². The summed E-state index contributed by atoms with van der Waals surface area (Å²) >= 11 is 1.18. The molecule has 0 saturated carbocycles. The summed E-state index contributed by atoms with van der Waals surface area (Å²) in [6.07, 6.45) is 2.32. The first kappa shape index (κ1) is 21.2. The van der Waals surface area contributed by atoms with Crippen molar-refractivity contribution in [3.8, 4) is 0 Å². The second-order valence-corrected chi connectivity index (χ2v) is 11.1. The molecule has 4 rings (SSSR count). The highest BCUT2D eigenvalue weighted by atomic mass is 32.2. The van der Waals surface area contributed by atoms with Gasteiger partial charge in [0.25, 0.3) is 5.91 Å². The molecule has 2 saturated heterocycles. The molecule has 0 radical (unpaired) electrons. The molecule has 11 heteroatoms. The third-order valence-corrected chi connectivity index (χ3v) is 8.47. The molecule has 0 aliphatic carbocycles. The van der Waals surface area contributed by atoms with Gasteiger partial charge in [-0.1, -0.05) is 17.8 Å². The molecule has 2 aliphatic heterocycles. The van der Waals surface area contributed by atoms with Crippen LogP contribution in [0.1, 0.15) is 52.6 Å².